The van der Waals surface area contributed by atoms with Crippen LogP contribution in [-0.4, -0.2) is 29.3 Å². The number of ether oxygens (including phenoxy) is 2. The SMILES string of the molecule is CC(C)OC(=O)CCC(C(=O)OC(C)C)C(O)c1ccccc1. The summed E-state index contributed by atoms with van der Waals surface area (Å²) in [6, 6.07) is 8.89. The van der Waals surface area contributed by atoms with Crippen molar-refractivity contribution in [3.63, 3.8) is 0 Å². The molecule has 0 aliphatic carbocycles. The van der Waals surface area contributed by atoms with Crippen LogP contribution in [0.25, 0.3) is 0 Å². The molecule has 0 radical (unpaired) electrons. The minimum atomic E-state index is -1.02. The quantitative estimate of drug-likeness (QED) is 0.745. The summed E-state index contributed by atoms with van der Waals surface area (Å²) in [5.74, 6) is -1.70. The molecule has 5 nitrogen and oxygen atoms in total. The topological polar surface area (TPSA) is 72.8 Å². The van der Waals surface area contributed by atoms with Crippen molar-refractivity contribution in [1.29, 1.82) is 0 Å². The Balaban J connectivity index is 2.80. The van der Waals surface area contributed by atoms with Gasteiger partial charge < -0.3 is 14.6 Å². The van der Waals surface area contributed by atoms with Crippen molar-refractivity contribution in [2.75, 3.05) is 0 Å². The first-order valence-electron chi connectivity index (χ1n) is 7.94. The van der Waals surface area contributed by atoms with Gasteiger partial charge in [0.05, 0.1) is 24.2 Å². The van der Waals surface area contributed by atoms with E-state index < -0.39 is 18.0 Å². The van der Waals surface area contributed by atoms with E-state index in [0.29, 0.717) is 5.56 Å². The summed E-state index contributed by atoms with van der Waals surface area (Å²) < 4.78 is 10.3. The number of aliphatic hydroxyl groups excluding tert-OH is 1. The van der Waals surface area contributed by atoms with Gasteiger partial charge in [-0.3, -0.25) is 9.59 Å². The molecule has 1 aromatic carbocycles. The maximum atomic E-state index is 12.3. The van der Waals surface area contributed by atoms with Gasteiger partial charge in [-0.05, 0) is 39.7 Å². The van der Waals surface area contributed by atoms with E-state index >= 15 is 0 Å². The van der Waals surface area contributed by atoms with Crippen LogP contribution in [0.4, 0.5) is 0 Å². The molecule has 1 aromatic rings. The van der Waals surface area contributed by atoms with Crippen molar-refractivity contribution in [3.05, 3.63) is 35.9 Å². The van der Waals surface area contributed by atoms with Crippen molar-refractivity contribution in [1.82, 2.24) is 0 Å². The Morgan fingerprint density at radius 3 is 2.09 bits per heavy atom. The van der Waals surface area contributed by atoms with E-state index in [9.17, 15) is 14.7 Å². The van der Waals surface area contributed by atoms with Crippen molar-refractivity contribution in [2.24, 2.45) is 5.92 Å². The van der Waals surface area contributed by atoms with Crippen molar-refractivity contribution < 1.29 is 24.2 Å². The molecule has 5 heteroatoms. The fourth-order valence-electron chi connectivity index (χ4n) is 2.20. The first kappa shape index (κ1) is 19.2. The van der Waals surface area contributed by atoms with Gasteiger partial charge in [0.15, 0.2) is 0 Å². The highest BCUT2D eigenvalue weighted by Gasteiger charge is 2.30. The van der Waals surface area contributed by atoms with Crippen molar-refractivity contribution in [3.8, 4) is 0 Å². The minimum absolute atomic E-state index is 0.0555. The monoisotopic (exact) mass is 322 g/mol. The highest BCUT2D eigenvalue weighted by Crippen LogP contribution is 2.27. The van der Waals surface area contributed by atoms with Crippen LogP contribution in [-0.2, 0) is 19.1 Å². The second-order valence-corrected chi connectivity index (χ2v) is 6.02. The average Bonchev–Trinajstić information content (AvgIpc) is 2.46. The van der Waals surface area contributed by atoms with Gasteiger partial charge in [-0.1, -0.05) is 30.3 Å². The summed E-state index contributed by atoms with van der Waals surface area (Å²) in [5.41, 5.74) is 0.621. The average molecular weight is 322 g/mol. The Labute approximate surface area is 137 Å². The molecule has 2 atom stereocenters. The zero-order valence-electron chi connectivity index (χ0n) is 14.2. The second-order valence-electron chi connectivity index (χ2n) is 6.02. The minimum Gasteiger partial charge on any atom is -0.463 e. The Bertz CT molecular complexity index is 495. The maximum absolute atomic E-state index is 12.3. The summed E-state index contributed by atoms with van der Waals surface area (Å²) in [6.07, 6.45) is -1.28. The third-order valence-corrected chi connectivity index (χ3v) is 3.20. The van der Waals surface area contributed by atoms with Crippen LogP contribution in [0, 0.1) is 5.92 Å². The van der Waals surface area contributed by atoms with E-state index in [2.05, 4.69) is 0 Å². The fraction of sp³-hybridized carbons (Fsp3) is 0.556. The second kappa shape index (κ2) is 9.30. The lowest BCUT2D eigenvalue weighted by Gasteiger charge is -2.23. The number of carbonyl (C=O) groups excluding carboxylic acids is 2. The summed E-state index contributed by atoms with van der Waals surface area (Å²) in [6.45, 7) is 7.02. The van der Waals surface area contributed by atoms with Crippen LogP contribution in [0.1, 0.15) is 52.2 Å². The smallest absolute Gasteiger partial charge is 0.312 e. The van der Waals surface area contributed by atoms with Crippen molar-refractivity contribution >= 4 is 11.9 Å². The molecule has 0 fully saturated rings. The van der Waals surface area contributed by atoms with Gasteiger partial charge in [0.1, 0.15) is 0 Å². The number of hydrogen-bond acceptors (Lipinski definition) is 5. The van der Waals surface area contributed by atoms with Gasteiger partial charge in [-0.25, -0.2) is 0 Å². The van der Waals surface area contributed by atoms with Crippen LogP contribution < -0.4 is 0 Å². The van der Waals surface area contributed by atoms with E-state index in [1.165, 1.54) is 0 Å². The molecular weight excluding hydrogens is 296 g/mol. The molecule has 0 aliphatic rings. The molecule has 1 N–H and O–H groups in total. The summed E-state index contributed by atoms with van der Waals surface area (Å²) in [5, 5.41) is 10.5. The van der Waals surface area contributed by atoms with Crippen molar-refractivity contribution in [2.45, 2.75) is 58.8 Å². The molecule has 0 aromatic heterocycles. The van der Waals surface area contributed by atoms with E-state index in [4.69, 9.17) is 9.47 Å². The number of aliphatic hydroxyl groups is 1. The van der Waals surface area contributed by atoms with Gasteiger partial charge >= 0.3 is 11.9 Å². The number of benzene rings is 1. The number of esters is 2. The lowest BCUT2D eigenvalue weighted by molar-refractivity contribution is -0.158. The van der Waals surface area contributed by atoms with E-state index in [-0.39, 0.29) is 31.0 Å². The van der Waals surface area contributed by atoms with Gasteiger partial charge in [0.25, 0.3) is 0 Å². The van der Waals surface area contributed by atoms with Crippen LogP contribution in [0.2, 0.25) is 0 Å². The standard InChI is InChI=1S/C18H26O5/c1-12(2)22-16(19)11-10-15(18(21)23-13(3)4)17(20)14-8-6-5-7-9-14/h5-9,12-13,15,17,20H,10-11H2,1-4H3. The normalized spacial score (nSPS) is 13.7. The predicted molar refractivity (Wildman–Crippen MR) is 86.6 cm³/mol. The molecule has 128 valence electrons. The first-order valence-corrected chi connectivity index (χ1v) is 7.94. The van der Waals surface area contributed by atoms with Gasteiger partial charge in [0.2, 0.25) is 0 Å². The molecule has 0 saturated carbocycles. The maximum Gasteiger partial charge on any atom is 0.312 e. The molecule has 0 spiro atoms. The third-order valence-electron chi connectivity index (χ3n) is 3.20. The van der Waals surface area contributed by atoms with Gasteiger partial charge in [-0.15, -0.1) is 0 Å². The molecule has 2 unspecified atom stereocenters. The first-order chi connectivity index (χ1) is 10.8. The molecule has 0 heterocycles. The Hall–Kier alpha value is -1.88. The lowest BCUT2D eigenvalue weighted by atomic mass is 9.91. The summed E-state index contributed by atoms with van der Waals surface area (Å²) >= 11 is 0. The molecule has 0 aliphatic heterocycles. The number of rotatable bonds is 8. The predicted octanol–water partition coefficient (Wildman–Crippen LogP) is 3.02. The van der Waals surface area contributed by atoms with E-state index in [1.54, 1.807) is 52.0 Å². The Morgan fingerprint density at radius 1 is 1.00 bits per heavy atom. The summed E-state index contributed by atoms with van der Waals surface area (Å²) in [4.78, 5) is 24.0. The zero-order chi connectivity index (χ0) is 17.4. The van der Waals surface area contributed by atoms with Crippen LogP contribution >= 0.6 is 0 Å². The number of carbonyl (C=O) groups is 2. The Kier molecular flexibility index (Phi) is 7.75. The lowest BCUT2D eigenvalue weighted by Crippen LogP contribution is -2.28. The van der Waals surface area contributed by atoms with E-state index in [0.717, 1.165) is 0 Å². The third kappa shape index (κ3) is 6.82. The molecule has 1 rings (SSSR count). The molecule has 0 amide bonds. The highest BCUT2D eigenvalue weighted by molar-refractivity contribution is 5.75. The fourth-order valence-corrected chi connectivity index (χ4v) is 2.20. The zero-order valence-corrected chi connectivity index (χ0v) is 14.2. The van der Waals surface area contributed by atoms with Gasteiger partial charge in [0, 0.05) is 6.42 Å². The van der Waals surface area contributed by atoms with Crippen LogP contribution in [0.3, 0.4) is 0 Å². The molecule has 0 bridgehead atoms. The Morgan fingerprint density at radius 2 is 1.57 bits per heavy atom. The van der Waals surface area contributed by atoms with Gasteiger partial charge in [-0.2, -0.15) is 0 Å². The number of hydrogen-bond donors (Lipinski definition) is 1. The molecule has 0 saturated heterocycles. The van der Waals surface area contributed by atoms with Crippen LogP contribution in [0.5, 0.6) is 0 Å². The van der Waals surface area contributed by atoms with E-state index in [1.807, 2.05) is 6.07 Å². The summed E-state index contributed by atoms with van der Waals surface area (Å²) in [7, 11) is 0. The molecule has 23 heavy (non-hydrogen) atoms. The highest BCUT2D eigenvalue weighted by atomic mass is 16.5. The van der Waals surface area contributed by atoms with Crippen LogP contribution in [0.15, 0.2) is 30.3 Å². The largest absolute Gasteiger partial charge is 0.463 e. The molecular formula is C18H26O5.